The molecule has 1 saturated heterocycles. The maximum absolute atomic E-state index is 6.05. The molecule has 0 radical (unpaired) electrons. The van der Waals surface area contributed by atoms with Crippen molar-refractivity contribution in [1.29, 1.82) is 0 Å². The Labute approximate surface area is 107 Å². The first kappa shape index (κ1) is 14.6. The molecule has 1 rings (SSSR count). The van der Waals surface area contributed by atoms with E-state index in [2.05, 4.69) is 6.92 Å². The molecule has 16 heavy (non-hydrogen) atoms. The summed E-state index contributed by atoms with van der Waals surface area (Å²) >= 11 is -0.696. The first-order valence-corrected chi connectivity index (χ1v) is 9.65. The lowest BCUT2D eigenvalue weighted by Crippen LogP contribution is -2.21. The summed E-state index contributed by atoms with van der Waals surface area (Å²) in [6, 6.07) is 0. The normalized spacial score (nSPS) is 16.7. The van der Waals surface area contributed by atoms with Crippen molar-refractivity contribution in [2.45, 2.75) is 81.7 Å². The molecule has 0 bridgehead atoms. The summed E-state index contributed by atoms with van der Waals surface area (Å²) in [6.07, 6.45) is 14.2. The average molecular weight is 240 g/mol. The van der Waals surface area contributed by atoms with Gasteiger partial charge >= 0.3 is 14.5 Å². The van der Waals surface area contributed by atoms with Gasteiger partial charge in [-0.05, 0) is 6.42 Å². The zero-order chi connectivity index (χ0) is 11.5. The Hall–Kier alpha value is 0.492. The third kappa shape index (κ3) is 7.71. The van der Waals surface area contributed by atoms with Gasteiger partial charge in [0.15, 0.2) is 0 Å². The Morgan fingerprint density at radius 3 is 2.12 bits per heavy atom. The van der Waals surface area contributed by atoms with E-state index in [1.54, 1.807) is 0 Å². The van der Waals surface area contributed by atoms with Crippen LogP contribution in [-0.4, -0.2) is 21.1 Å². The van der Waals surface area contributed by atoms with Gasteiger partial charge in [-0.3, -0.25) is 0 Å². The van der Waals surface area contributed by atoms with Crippen LogP contribution in [0.15, 0.2) is 0 Å². The quantitative estimate of drug-likeness (QED) is 0.410. The van der Waals surface area contributed by atoms with Gasteiger partial charge in [0.2, 0.25) is 0 Å². The first-order chi connectivity index (χ1) is 7.93. The van der Waals surface area contributed by atoms with Crippen LogP contribution in [0.5, 0.6) is 0 Å². The molecule has 1 aliphatic rings. The minimum absolute atomic E-state index is 0.696. The highest BCUT2D eigenvalue weighted by Gasteiger charge is 2.22. The van der Waals surface area contributed by atoms with Crippen molar-refractivity contribution in [1.82, 2.24) is 0 Å². The van der Waals surface area contributed by atoms with Gasteiger partial charge in [0.25, 0.3) is 0 Å². The maximum Gasteiger partial charge on any atom is 0.460 e. The molecule has 0 aliphatic carbocycles. The highest BCUT2D eigenvalue weighted by Crippen LogP contribution is 2.19. The van der Waals surface area contributed by atoms with E-state index in [-0.39, 0.29) is 0 Å². The molecule has 94 valence electrons. The molecule has 2 heteroatoms. The fourth-order valence-corrected chi connectivity index (χ4v) is 5.15. The van der Waals surface area contributed by atoms with Gasteiger partial charge < -0.3 is 3.79 Å². The number of hydrogen-bond donors (Lipinski definition) is 0. The lowest BCUT2D eigenvalue weighted by Gasteiger charge is -2.17. The summed E-state index contributed by atoms with van der Waals surface area (Å²) in [4.78, 5) is 0. The average Bonchev–Trinajstić information content (AvgIpc) is 2.34. The molecule has 0 atom stereocenters. The predicted molar refractivity (Wildman–Crippen MR) is 73.2 cm³/mol. The van der Waals surface area contributed by atoms with E-state index >= 15 is 0 Å². The summed E-state index contributed by atoms with van der Waals surface area (Å²) in [7, 11) is 0. The van der Waals surface area contributed by atoms with E-state index in [0.29, 0.717) is 0 Å². The smallest absolute Gasteiger partial charge is 0.460 e. The molecule has 1 heterocycles. The minimum atomic E-state index is -0.696. The van der Waals surface area contributed by atoms with Crippen LogP contribution in [0.3, 0.4) is 0 Å². The fraction of sp³-hybridized carbons (Fsp3) is 1.00. The molecule has 0 N–H and O–H groups in total. The second-order valence-corrected chi connectivity index (χ2v) is 7.98. The van der Waals surface area contributed by atoms with E-state index in [1.165, 1.54) is 74.8 Å². The molecule has 0 spiro atoms. The minimum Gasteiger partial charge on any atom is -0.501 e. The Balaban J connectivity index is 1.77. The molecule has 0 aromatic rings. The van der Waals surface area contributed by atoms with Crippen molar-refractivity contribution in [2.75, 3.05) is 6.61 Å². The predicted octanol–water partition coefficient (Wildman–Crippen LogP) is 4.93. The van der Waals surface area contributed by atoms with Gasteiger partial charge in [0.1, 0.15) is 0 Å². The van der Waals surface area contributed by atoms with Crippen LogP contribution in [0.25, 0.3) is 0 Å². The Bertz CT molecular complexity index is 144. The van der Waals surface area contributed by atoms with Crippen LogP contribution >= 0.6 is 0 Å². The summed E-state index contributed by atoms with van der Waals surface area (Å²) in [5, 5.41) is 2.91. The van der Waals surface area contributed by atoms with Gasteiger partial charge in [0.05, 0.1) is 0 Å². The van der Waals surface area contributed by atoms with Crippen molar-refractivity contribution < 1.29 is 3.79 Å². The molecule has 0 amide bonds. The van der Waals surface area contributed by atoms with E-state index in [9.17, 15) is 0 Å². The lowest BCUT2D eigenvalue weighted by molar-refractivity contribution is 0.299. The second kappa shape index (κ2) is 10.6. The van der Waals surface area contributed by atoms with Crippen molar-refractivity contribution in [2.24, 2.45) is 0 Å². The topological polar surface area (TPSA) is 9.23 Å². The second-order valence-electron chi connectivity index (χ2n) is 5.25. The number of unbranched alkanes of at least 4 members (excludes halogenated alkanes) is 6. The molecule has 0 unspecified atom stereocenters. The summed E-state index contributed by atoms with van der Waals surface area (Å²) in [6.45, 7) is 3.35. The Morgan fingerprint density at radius 1 is 0.812 bits per heavy atom. The summed E-state index contributed by atoms with van der Waals surface area (Å²) in [5.74, 6) is 0. The standard InChI is InChI=1S/C9H19O.C5H10.Al/c1-2-3-4-5-6-7-8-9-10;1-3-5-4-2;/h2-9H2,1H3;1-5H2;/q-1;;+1. The molecule has 1 aliphatic heterocycles. The first-order valence-electron chi connectivity index (χ1n) is 7.55. The third-order valence-electron chi connectivity index (χ3n) is 3.65. The maximum atomic E-state index is 6.05. The van der Waals surface area contributed by atoms with Crippen LogP contribution in [0, 0.1) is 0 Å². The molecule has 1 nitrogen and oxygen atoms in total. The van der Waals surface area contributed by atoms with Crippen molar-refractivity contribution in [3.05, 3.63) is 0 Å². The van der Waals surface area contributed by atoms with E-state index in [0.717, 1.165) is 6.61 Å². The third-order valence-corrected chi connectivity index (χ3v) is 6.47. The van der Waals surface area contributed by atoms with Crippen LogP contribution in [0.1, 0.15) is 71.1 Å². The van der Waals surface area contributed by atoms with E-state index < -0.39 is 14.5 Å². The number of rotatable bonds is 9. The zero-order valence-electron chi connectivity index (χ0n) is 11.2. The van der Waals surface area contributed by atoms with Gasteiger partial charge in [-0.2, -0.15) is 0 Å². The molecule has 0 saturated carbocycles. The largest absolute Gasteiger partial charge is 0.501 e. The molecule has 1 fully saturated rings. The summed E-state index contributed by atoms with van der Waals surface area (Å²) in [5.41, 5.74) is 0. The van der Waals surface area contributed by atoms with Gasteiger partial charge in [-0.25, -0.2) is 0 Å². The monoisotopic (exact) mass is 240 g/mol. The molecular formula is C14H29AlO. The van der Waals surface area contributed by atoms with Crippen LogP contribution in [-0.2, 0) is 3.79 Å². The van der Waals surface area contributed by atoms with Crippen molar-refractivity contribution >= 4 is 14.5 Å². The van der Waals surface area contributed by atoms with E-state index in [1.807, 2.05) is 0 Å². The summed E-state index contributed by atoms with van der Waals surface area (Å²) < 4.78 is 6.05. The van der Waals surface area contributed by atoms with Gasteiger partial charge in [-0.15, -0.1) is 0 Å². The highest BCUT2D eigenvalue weighted by atomic mass is 27.2. The highest BCUT2D eigenvalue weighted by molar-refractivity contribution is 6.52. The van der Waals surface area contributed by atoms with E-state index in [4.69, 9.17) is 3.79 Å². The fourth-order valence-electron chi connectivity index (χ4n) is 2.54. The molecule has 0 aromatic carbocycles. The lowest BCUT2D eigenvalue weighted by atomic mass is 10.1. The van der Waals surface area contributed by atoms with Crippen LogP contribution in [0.2, 0.25) is 10.6 Å². The SMILES string of the molecule is CCCCCCCCC[O][Al]1[CH2]CCC[CH2]1. The van der Waals surface area contributed by atoms with Crippen molar-refractivity contribution in [3.63, 3.8) is 0 Å². The van der Waals surface area contributed by atoms with Crippen LogP contribution < -0.4 is 0 Å². The Morgan fingerprint density at radius 2 is 1.44 bits per heavy atom. The van der Waals surface area contributed by atoms with Crippen LogP contribution in [0.4, 0.5) is 0 Å². The molecule has 0 aromatic heterocycles. The van der Waals surface area contributed by atoms with Gasteiger partial charge in [-0.1, -0.05) is 75.3 Å². The number of hydrogen-bond acceptors (Lipinski definition) is 1. The molecular weight excluding hydrogens is 211 g/mol. The van der Waals surface area contributed by atoms with Gasteiger partial charge in [0, 0.05) is 6.61 Å². The van der Waals surface area contributed by atoms with Crippen molar-refractivity contribution in [3.8, 4) is 0 Å². The zero-order valence-corrected chi connectivity index (χ0v) is 12.3. The Kier molecular flexibility index (Phi) is 9.67.